The van der Waals surface area contributed by atoms with E-state index in [1.807, 2.05) is 60.7 Å². The van der Waals surface area contributed by atoms with Crippen molar-refractivity contribution in [2.45, 2.75) is 84.1 Å². The van der Waals surface area contributed by atoms with Crippen molar-refractivity contribution in [2.75, 3.05) is 18.4 Å². The number of carbonyl (C=O) groups is 4. The molecule has 0 saturated carbocycles. The van der Waals surface area contributed by atoms with Crippen LogP contribution in [0.15, 0.2) is 66.9 Å². The molecule has 1 heterocycles. The molecule has 0 aliphatic heterocycles. The number of benzene rings is 2. The highest BCUT2D eigenvalue weighted by Crippen LogP contribution is 2.17. The van der Waals surface area contributed by atoms with Crippen LogP contribution in [0.3, 0.4) is 0 Å². The number of anilines is 1. The first-order chi connectivity index (χ1) is 22.1. The number of carbonyl (C=O) groups excluding carboxylic acids is 4. The van der Waals surface area contributed by atoms with Gasteiger partial charge in [-0.3, -0.25) is 14.6 Å². The van der Waals surface area contributed by atoms with Gasteiger partial charge in [0.2, 0.25) is 11.8 Å². The van der Waals surface area contributed by atoms with Gasteiger partial charge in [-0.05, 0) is 84.4 Å². The van der Waals surface area contributed by atoms with Crippen molar-refractivity contribution in [3.63, 3.8) is 0 Å². The number of ether oxygens (including phenoxy) is 2. The second-order valence-corrected chi connectivity index (χ2v) is 13.5. The number of nitrogens with zero attached hydrogens (tertiary/aromatic N) is 1. The van der Waals surface area contributed by atoms with Gasteiger partial charge in [-0.2, -0.15) is 0 Å². The molecule has 0 aliphatic carbocycles. The number of pyridine rings is 1. The van der Waals surface area contributed by atoms with Crippen molar-refractivity contribution in [3.05, 3.63) is 72.4 Å². The molecule has 2 atom stereocenters. The first-order valence-electron chi connectivity index (χ1n) is 15.8. The van der Waals surface area contributed by atoms with Gasteiger partial charge >= 0.3 is 12.2 Å². The van der Waals surface area contributed by atoms with Crippen LogP contribution in [-0.4, -0.2) is 65.4 Å². The number of nitrogens with two attached hydrogens (primary N) is 1. The molecule has 254 valence electrons. The third-order valence-electron chi connectivity index (χ3n) is 6.85. The van der Waals surface area contributed by atoms with Gasteiger partial charge in [0, 0.05) is 18.5 Å². The average Bonchev–Trinajstić information content (AvgIpc) is 2.99. The zero-order chi connectivity index (χ0) is 34.6. The van der Waals surface area contributed by atoms with Crippen LogP contribution in [0.5, 0.6) is 0 Å². The summed E-state index contributed by atoms with van der Waals surface area (Å²) < 4.78 is 10.7. The predicted molar refractivity (Wildman–Crippen MR) is 182 cm³/mol. The lowest BCUT2D eigenvalue weighted by Crippen LogP contribution is -2.51. The normalized spacial score (nSPS) is 12.9. The maximum atomic E-state index is 13.5. The summed E-state index contributed by atoms with van der Waals surface area (Å²) in [4.78, 5) is 56.0. The van der Waals surface area contributed by atoms with Gasteiger partial charge in [-0.1, -0.05) is 48.5 Å². The molecular weight excluding hydrogens is 600 g/mol. The largest absolute Gasteiger partial charge is 0.444 e. The molecule has 1 aromatic heterocycles. The minimum atomic E-state index is -1.06. The van der Waals surface area contributed by atoms with E-state index in [4.69, 9.17) is 15.2 Å². The van der Waals surface area contributed by atoms with E-state index >= 15 is 0 Å². The summed E-state index contributed by atoms with van der Waals surface area (Å²) in [5.74, 6) is -1.42. The SMILES string of the molecule is CC(C)(C)OC(=O)NCC(CNC(=O)OC(C)(C)C)C[C@H](N)C(=O)N[C@H](CCc1ccccc1)C(=O)Nc1cnc2ccccc2c1. The zero-order valence-electron chi connectivity index (χ0n) is 28.1. The Bertz CT molecular complexity index is 1470. The second-order valence-electron chi connectivity index (χ2n) is 13.5. The lowest BCUT2D eigenvalue weighted by atomic mass is 9.98. The summed E-state index contributed by atoms with van der Waals surface area (Å²) in [5, 5.41) is 11.9. The highest BCUT2D eigenvalue weighted by atomic mass is 16.6. The number of aryl methyl sites for hydroxylation is 1. The molecule has 3 rings (SSSR count). The summed E-state index contributed by atoms with van der Waals surface area (Å²) in [7, 11) is 0. The van der Waals surface area contributed by atoms with Crippen molar-refractivity contribution in [1.82, 2.24) is 20.9 Å². The number of para-hydroxylation sites is 1. The van der Waals surface area contributed by atoms with Gasteiger partial charge in [0.15, 0.2) is 0 Å². The first-order valence-corrected chi connectivity index (χ1v) is 15.8. The molecule has 0 saturated heterocycles. The monoisotopic (exact) mass is 648 g/mol. The minimum Gasteiger partial charge on any atom is -0.444 e. The van der Waals surface area contributed by atoms with Crippen LogP contribution < -0.4 is 27.0 Å². The number of alkyl carbamates (subject to hydrolysis) is 2. The number of hydrogen-bond acceptors (Lipinski definition) is 8. The molecule has 0 spiro atoms. The highest BCUT2D eigenvalue weighted by Gasteiger charge is 2.27. The Labute approximate surface area is 276 Å². The molecule has 2 aromatic carbocycles. The third kappa shape index (κ3) is 13.7. The first kappa shape index (κ1) is 36.8. The molecule has 12 heteroatoms. The van der Waals surface area contributed by atoms with Crippen LogP contribution in [0.4, 0.5) is 15.3 Å². The molecule has 0 fully saturated rings. The van der Waals surface area contributed by atoms with Gasteiger partial charge < -0.3 is 36.5 Å². The topological polar surface area (TPSA) is 174 Å². The molecule has 0 radical (unpaired) electrons. The van der Waals surface area contributed by atoms with Crippen LogP contribution in [0.1, 0.15) is 59.9 Å². The Morgan fingerprint density at radius 1 is 0.809 bits per heavy atom. The number of hydrogen-bond donors (Lipinski definition) is 5. The second kappa shape index (κ2) is 16.7. The summed E-state index contributed by atoms with van der Waals surface area (Å²) in [5.41, 5.74) is 7.26. The van der Waals surface area contributed by atoms with E-state index in [1.54, 1.807) is 47.7 Å². The molecule has 0 unspecified atom stereocenters. The Balaban J connectivity index is 1.70. The van der Waals surface area contributed by atoms with Crippen LogP contribution in [0.2, 0.25) is 0 Å². The van der Waals surface area contributed by atoms with Gasteiger partial charge in [0.25, 0.3) is 0 Å². The van der Waals surface area contributed by atoms with Crippen LogP contribution in [0, 0.1) is 5.92 Å². The van der Waals surface area contributed by atoms with E-state index in [2.05, 4.69) is 26.3 Å². The minimum absolute atomic E-state index is 0.0680. The van der Waals surface area contributed by atoms with E-state index < -0.39 is 53.2 Å². The van der Waals surface area contributed by atoms with Gasteiger partial charge in [0.1, 0.15) is 17.2 Å². The van der Waals surface area contributed by atoms with Gasteiger partial charge in [-0.25, -0.2) is 9.59 Å². The summed E-state index contributed by atoms with van der Waals surface area (Å²) >= 11 is 0. The maximum absolute atomic E-state index is 13.5. The van der Waals surface area contributed by atoms with E-state index in [0.717, 1.165) is 16.5 Å². The average molecular weight is 649 g/mol. The molecule has 47 heavy (non-hydrogen) atoms. The van der Waals surface area contributed by atoms with E-state index in [0.29, 0.717) is 18.5 Å². The van der Waals surface area contributed by atoms with Crippen molar-refractivity contribution in [1.29, 1.82) is 0 Å². The zero-order valence-corrected chi connectivity index (χ0v) is 28.1. The van der Waals surface area contributed by atoms with Crippen molar-refractivity contribution < 1.29 is 28.7 Å². The number of nitrogens with one attached hydrogen (secondary N) is 4. The molecule has 0 bridgehead atoms. The Kier molecular flexibility index (Phi) is 13.1. The highest BCUT2D eigenvalue weighted by molar-refractivity contribution is 5.99. The fourth-order valence-electron chi connectivity index (χ4n) is 4.66. The Hall–Kier alpha value is -4.71. The third-order valence-corrected chi connectivity index (χ3v) is 6.85. The van der Waals surface area contributed by atoms with Crippen LogP contribution in [0.25, 0.3) is 10.9 Å². The van der Waals surface area contributed by atoms with E-state index in [1.165, 1.54) is 0 Å². The molecule has 4 amide bonds. The number of aromatic nitrogens is 1. The molecular formula is C35H48N6O6. The standard InChI is InChI=1S/C35H48N6O6/c1-34(2,3)46-32(44)38-20-24(21-39-33(45)47-35(4,5)6)18-27(36)30(42)41-29(17-16-23-12-8-7-9-13-23)31(43)40-26-19-25-14-10-11-15-28(25)37-22-26/h7-15,19,22,24,27,29H,16-18,20-21,36H2,1-6H3,(H,38,44)(H,39,45)(H,40,43)(H,41,42)/t27-,29+/m0/s1. The van der Waals surface area contributed by atoms with Crippen LogP contribution in [-0.2, 0) is 25.5 Å². The van der Waals surface area contributed by atoms with Crippen LogP contribution >= 0.6 is 0 Å². The Morgan fingerprint density at radius 2 is 1.38 bits per heavy atom. The number of amides is 4. The van der Waals surface area contributed by atoms with Crippen molar-refractivity contribution >= 4 is 40.6 Å². The number of rotatable bonds is 13. The van der Waals surface area contributed by atoms with Gasteiger partial charge in [0.05, 0.1) is 23.4 Å². The smallest absolute Gasteiger partial charge is 0.407 e. The fourth-order valence-corrected chi connectivity index (χ4v) is 4.66. The summed E-state index contributed by atoms with van der Waals surface area (Å²) in [6.45, 7) is 10.6. The lowest BCUT2D eigenvalue weighted by Gasteiger charge is -2.26. The lowest BCUT2D eigenvalue weighted by molar-refractivity contribution is -0.127. The molecule has 12 nitrogen and oxygen atoms in total. The van der Waals surface area contributed by atoms with Gasteiger partial charge in [-0.15, -0.1) is 0 Å². The predicted octanol–water partition coefficient (Wildman–Crippen LogP) is 4.67. The fraction of sp³-hybridized carbons (Fsp3) is 0.457. The quantitative estimate of drug-likeness (QED) is 0.178. The molecule has 0 aliphatic rings. The van der Waals surface area contributed by atoms with E-state index in [-0.39, 0.29) is 19.5 Å². The summed E-state index contributed by atoms with van der Waals surface area (Å²) in [6.07, 6.45) is 1.23. The van der Waals surface area contributed by atoms with Crippen molar-refractivity contribution in [3.8, 4) is 0 Å². The molecule has 3 aromatic rings. The number of fused-ring (bicyclic) bond motifs is 1. The van der Waals surface area contributed by atoms with E-state index in [9.17, 15) is 19.2 Å². The summed E-state index contributed by atoms with van der Waals surface area (Å²) in [6, 6.07) is 17.1. The molecule has 6 N–H and O–H groups in total. The Morgan fingerprint density at radius 3 is 1.98 bits per heavy atom. The maximum Gasteiger partial charge on any atom is 0.407 e. The van der Waals surface area contributed by atoms with Crippen molar-refractivity contribution in [2.24, 2.45) is 11.7 Å².